The van der Waals surface area contributed by atoms with Crippen molar-refractivity contribution in [3.05, 3.63) is 43.7 Å². The molecule has 0 fully saturated rings. The molecule has 0 bridgehead atoms. The smallest absolute Gasteiger partial charge is 0.0265 e. The van der Waals surface area contributed by atoms with Gasteiger partial charge in [0.2, 0.25) is 0 Å². The molecule has 0 N–H and O–H groups in total. The maximum atomic E-state index is 3.53. The number of fused-ring (bicyclic) bond motifs is 1. The molecule has 0 heterocycles. The van der Waals surface area contributed by atoms with Crippen LogP contribution in [0.15, 0.2) is 43.7 Å². The molecule has 13 heavy (non-hydrogen) atoms. The molecule has 0 unspecified atom stereocenters. The number of halogens is 3. The zero-order chi connectivity index (χ0) is 9.42. The molecule has 0 aliphatic carbocycles. The van der Waals surface area contributed by atoms with Crippen LogP contribution in [0.2, 0.25) is 0 Å². The molecule has 0 nitrogen and oxygen atoms in total. The maximum absolute atomic E-state index is 3.53. The van der Waals surface area contributed by atoms with Gasteiger partial charge in [-0.15, -0.1) is 0 Å². The Morgan fingerprint density at radius 3 is 2.00 bits per heavy atom. The van der Waals surface area contributed by atoms with E-state index in [0.717, 1.165) is 13.4 Å². The van der Waals surface area contributed by atoms with Crippen molar-refractivity contribution in [2.75, 3.05) is 0 Å². The Hall–Kier alpha value is 0.140. The van der Waals surface area contributed by atoms with Crippen LogP contribution < -0.4 is 0 Å². The second-order valence-electron chi connectivity index (χ2n) is 2.69. The first-order valence-electron chi connectivity index (χ1n) is 3.72. The fourth-order valence-electron chi connectivity index (χ4n) is 1.29. The van der Waals surface area contributed by atoms with Crippen molar-refractivity contribution in [3.63, 3.8) is 0 Å². The predicted octanol–water partition coefficient (Wildman–Crippen LogP) is 5.13. The summed E-state index contributed by atoms with van der Waals surface area (Å²) in [5.74, 6) is 0. The van der Waals surface area contributed by atoms with Crippen molar-refractivity contribution in [1.82, 2.24) is 0 Å². The molecule has 0 amide bonds. The average Bonchev–Trinajstić information content (AvgIpc) is 2.12. The summed E-state index contributed by atoms with van der Waals surface area (Å²) in [7, 11) is 0. The molecular formula is C10H5Br3. The highest BCUT2D eigenvalue weighted by atomic mass is 79.9. The highest BCUT2D eigenvalue weighted by Gasteiger charge is 2.04. The molecule has 0 radical (unpaired) electrons. The highest BCUT2D eigenvalue weighted by Crippen LogP contribution is 2.34. The van der Waals surface area contributed by atoms with Gasteiger partial charge in [-0.25, -0.2) is 0 Å². The largest absolute Gasteiger partial charge is 0.0605 e. The van der Waals surface area contributed by atoms with Crippen LogP contribution in [0.1, 0.15) is 0 Å². The van der Waals surface area contributed by atoms with Crippen LogP contribution in [0.25, 0.3) is 10.8 Å². The van der Waals surface area contributed by atoms with Crippen LogP contribution in [0.4, 0.5) is 0 Å². The number of benzene rings is 2. The summed E-state index contributed by atoms with van der Waals surface area (Å²) >= 11 is 10.6. The lowest BCUT2D eigenvalue weighted by molar-refractivity contribution is 1.65. The van der Waals surface area contributed by atoms with E-state index in [9.17, 15) is 0 Å². The Morgan fingerprint density at radius 2 is 1.31 bits per heavy atom. The zero-order valence-electron chi connectivity index (χ0n) is 6.52. The molecule has 0 saturated heterocycles. The lowest BCUT2D eigenvalue weighted by Gasteiger charge is -2.04. The van der Waals surface area contributed by atoms with Gasteiger partial charge in [-0.1, -0.05) is 59.9 Å². The van der Waals surface area contributed by atoms with Gasteiger partial charge in [-0.3, -0.25) is 0 Å². The Labute approximate surface area is 102 Å². The van der Waals surface area contributed by atoms with Crippen molar-refractivity contribution in [3.8, 4) is 0 Å². The van der Waals surface area contributed by atoms with Crippen LogP contribution in [0, 0.1) is 0 Å². The molecule has 0 atom stereocenters. The fraction of sp³-hybridized carbons (Fsp3) is 0. The SMILES string of the molecule is Brc1ccc(Br)c2c(Br)cccc12. The van der Waals surface area contributed by atoms with E-state index in [-0.39, 0.29) is 0 Å². The van der Waals surface area contributed by atoms with Crippen LogP contribution in [-0.4, -0.2) is 0 Å². The van der Waals surface area contributed by atoms with Gasteiger partial charge in [0.25, 0.3) is 0 Å². The molecule has 2 rings (SSSR count). The average molecular weight is 365 g/mol. The first-order valence-corrected chi connectivity index (χ1v) is 6.10. The minimum Gasteiger partial charge on any atom is -0.0605 e. The van der Waals surface area contributed by atoms with E-state index < -0.39 is 0 Å². The molecule has 2 aromatic rings. The Bertz CT molecular complexity index is 455. The molecular weight excluding hydrogens is 360 g/mol. The quantitative estimate of drug-likeness (QED) is 0.608. The van der Waals surface area contributed by atoms with Crippen LogP contribution >= 0.6 is 47.8 Å². The van der Waals surface area contributed by atoms with E-state index in [1.807, 2.05) is 24.3 Å². The van der Waals surface area contributed by atoms with E-state index in [0.29, 0.717) is 0 Å². The molecule has 0 spiro atoms. The molecule has 0 aliphatic heterocycles. The molecule has 3 heteroatoms. The topological polar surface area (TPSA) is 0 Å². The Morgan fingerprint density at radius 1 is 0.692 bits per heavy atom. The van der Waals surface area contributed by atoms with Crippen molar-refractivity contribution < 1.29 is 0 Å². The molecule has 2 aromatic carbocycles. The third-order valence-electron chi connectivity index (χ3n) is 1.89. The molecule has 0 aliphatic rings. The summed E-state index contributed by atoms with van der Waals surface area (Å²) in [5, 5.41) is 2.42. The third kappa shape index (κ3) is 1.69. The van der Waals surface area contributed by atoms with Gasteiger partial charge < -0.3 is 0 Å². The summed E-state index contributed by atoms with van der Waals surface area (Å²) in [6, 6.07) is 10.2. The minimum atomic E-state index is 1.11. The summed E-state index contributed by atoms with van der Waals surface area (Å²) in [5.41, 5.74) is 0. The second kappa shape index (κ2) is 3.71. The minimum absolute atomic E-state index is 1.11. The first kappa shape index (κ1) is 9.69. The van der Waals surface area contributed by atoms with Crippen molar-refractivity contribution in [2.24, 2.45) is 0 Å². The van der Waals surface area contributed by atoms with Crippen LogP contribution in [-0.2, 0) is 0 Å². The number of hydrogen-bond acceptors (Lipinski definition) is 0. The van der Waals surface area contributed by atoms with Gasteiger partial charge in [-0.2, -0.15) is 0 Å². The Kier molecular flexibility index (Phi) is 2.77. The lowest BCUT2D eigenvalue weighted by Crippen LogP contribution is -1.77. The Balaban J connectivity index is 3.00. The molecule has 0 saturated carbocycles. The van der Waals surface area contributed by atoms with E-state index in [1.165, 1.54) is 10.8 Å². The van der Waals surface area contributed by atoms with Gasteiger partial charge >= 0.3 is 0 Å². The monoisotopic (exact) mass is 362 g/mol. The maximum Gasteiger partial charge on any atom is 0.0265 e. The van der Waals surface area contributed by atoms with Gasteiger partial charge in [0, 0.05) is 18.8 Å². The number of rotatable bonds is 0. The number of hydrogen-bond donors (Lipinski definition) is 0. The van der Waals surface area contributed by atoms with E-state index in [4.69, 9.17) is 0 Å². The van der Waals surface area contributed by atoms with Crippen molar-refractivity contribution in [2.45, 2.75) is 0 Å². The van der Waals surface area contributed by atoms with Gasteiger partial charge in [0.15, 0.2) is 0 Å². The summed E-state index contributed by atoms with van der Waals surface area (Å²) in [6.07, 6.45) is 0. The van der Waals surface area contributed by atoms with Crippen molar-refractivity contribution >= 4 is 58.6 Å². The highest BCUT2D eigenvalue weighted by molar-refractivity contribution is 9.11. The second-order valence-corrected chi connectivity index (χ2v) is 5.25. The van der Waals surface area contributed by atoms with Gasteiger partial charge in [-0.05, 0) is 23.6 Å². The fourth-order valence-corrected chi connectivity index (χ4v) is 3.15. The van der Waals surface area contributed by atoms with Crippen LogP contribution in [0.3, 0.4) is 0 Å². The first-order chi connectivity index (χ1) is 6.20. The van der Waals surface area contributed by atoms with Gasteiger partial charge in [0.1, 0.15) is 0 Å². The third-order valence-corrected chi connectivity index (χ3v) is 3.90. The van der Waals surface area contributed by atoms with E-state index in [2.05, 4.69) is 53.9 Å². The summed E-state index contributed by atoms with van der Waals surface area (Å²) in [4.78, 5) is 0. The van der Waals surface area contributed by atoms with E-state index >= 15 is 0 Å². The standard InChI is InChI=1S/C10H5Br3/c11-7-4-5-9(13)10-6(7)2-1-3-8(10)12/h1-5H. The van der Waals surface area contributed by atoms with Gasteiger partial charge in [0.05, 0.1) is 0 Å². The lowest BCUT2D eigenvalue weighted by atomic mass is 10.1. The molecule has 66 valence electrons. The summed E-state index contributed by atoms with van der Waals surface area (Å²) < 4.78 is 3.34. The molecule has 0 aromatic heterocycles. The zero-order valence-corrected chi connectivity index (χ0v) is 11.3. The normalized spacial score (nSPS) is 10.7. The van der Waals surface area contributed by atoms with Crippen LogP contribution in [0.5, 0.6) is 0 Å². The predicted molar refractivity (Wildman–Crippen MR) is 67.0 cm³/mol. The van der Waals surface area contributed by atoms with Crippen molar-refractivity contribution in [1.29, 1.82) is 0 Å². The van der Waals surface area contributed by atoms with E-state index in [1.54, 1.807) is 0 Å². The summed E-state index contributed by atoms with van der Waals surface area (Å²) in [6.45, 7) is 0.